The van der Waals surface area contributed by atoms with E-state index in [9.17, 15) is 22.0 Å². The number of hydrogen-bond donors (Lipinski definition) is 2. The molecule has 0 saturated carbocycles. The summed E-state index contributed by atoms with van der Waals surface area (Å²) in [6.45, 7) is 11.5. The molecule has 0 aliphatic heterocycles. The molecule has 0 amide bonds. The summed E-state index contributed by atoms with van der Waals surface area (Å²) in [7, 11) is 1.47. The van der Waals surface area contributed by atoms with Gasteiger partial charge in [0.1, 0.15) is 24.1 Å². The SMILES string of the molecule is C/C=C/c1ccc(C(F)(F)F)cc1CCC.C=O.CC.CNc1c(F)cc(C(C)N)cc1F. The van der Waals surface area contributed by atoms with Crippen LogP contribution in [0.15, 0.2) is 36.4 Å². The van der Waals surface area contributed by atoms with Gasteiger partial charge in [-0.1, -0.05) is 45.4 Å². The molecule has 0 fully saturated rings. The highest BCUT2D eigenvalue weighted by Crippen LogP contribution is 2.31. The Morgan fingerprint density at radius 1 is 1.09 bits per heavy atom. The van der Waals surface area contributed by atoms with Crippen LogP contribution in [0.4, 0.5) is 27.6 Å². The summed E-state index contributed by atoms with van der Waals surface area (Å²) in [6.07, 6.45) is 0.930. The Hall–Kier alpha value is -2.74. The minimum absolute atomic E-state index is 0.121. The van der Waals surface area contributed by atoms with Crippen molar-refractivity contribution in [1.82, 2.24) is 0 Å². The number of rotatable bonds is 5. The number of aryl methyl sites for hydroxylation is 1. The molecule has 3 nitrogen and oxygen atoms in total. The first-order chi connectivity index (χ1) is 15.5. The summed E-state index contributed by atoms with van der Waals surface area (Å²) >= 11 is 0. The Balaban J connectivity index is 0. The summed E-state index contributed by atoms with van der Waals surface area (Å²) < 4.78 is 63.8. The van der Waals surface area contributed by atoms with Crippen LogP contribution in [0, 0.1) is 11.6 Å². The van der Waals surface area contributed by atoms with E-state index in [1.165, 1.54) is 31.3 Å². The largest absolute Gasteiger partial charge is 0.416 e. The topological polar surface area (TPSA) is 55.1 Å². The van der Waals surface area contributed by atoms with E-state index in [4.69, 9.17) is 10.5 Å². The number of nitrogens with one attached hydrogen (secondary N) is 1. The van der Waals surface area contributed by atoms with Crippen molar-refractivity contribution >= 4 is 18.6 Å². The Morgan fingerprint density at radius 3 is 1.97 bits per heavy atom. The molecule has 33 heavy (non-hydrogen) atoms. The van der Waals surface area contributed by atoms with Crippen LogP contribution < -0.4 is 11.1 Å². The smallest absolute Gasteiger partial charge is 0.383 e. The van der Waals surface area contributed by atoms with Crippen LogP contribution in [0.1, 0.15) is 69.3 Å². The van der Waals surface area contributed by atoms with Crippen molar-refractivity contribution in [3.8, 4) is 0 Å². The van der Waals surface area contributed by atoms with Gasteiger partial charge < -0.3 is 15.8 Å². The molecule has 2 rings (SSSR count). The molecule has 0 radical (unpaired) electrons. The molecule has 0 aromatic heterocycles. The van der Waals surface area contributed by atoms with Crippen LogP contribution in [-0.2, 0) is 17.4 Å². The Labute approximate surface area is 193 Å². The Bertz CT molecular complexity index is 826. The van der Waals surface area contributed by atoms with E-state index in [0.29, 0.717) is 12.0 Å². The van der Waals surface area contributed by atoms with E-state index in [1.807, 2.05) is 46.6 Å². The van der Waals surface area contributed by atoms with Crippen molar-refractivity contribution in [2.45, 2.75) is 59.7 Å². The second-order valence-corrected chi connectivity index (χ2v) is 6.56. The van der Waals surface area contributed by atoms with Crippen molar-refractivity contribution in [1.29, 1.82) is 0 Å². The zero-order valence-electron chi connectivity index (χ0n) is 20.1. The third-order valence-electron chi connectivity index (χ3n) is 4.18. The van der Waals surface area contributed by atoms with Gasteiger partial charge >= 0.3 is 6.18 Å². The first kappa shape index (κ1) is 32.4. The lowest BCUT2D eigenvalue weighted by Crippen LogP contribution is -2.07. The van der Waals surface area contributed by atoms with Crippen molar-refractivity contribution in [3.05, 3.63) is 70.3 Å². The average molecular weight is 475 g/mol. The second-order valence-electron chi connectivity index (χ2n) is 6.56. The van der Waals surface area contributed by atoms with E-state index in [2.05, 4.69) is 5.32 Å². The van der Waals surface area contributed by atoms with E-state index < -0.39 is 23.4 Å². The van der Waals surface area contributed by atoms with E-state index >= 15 is 0 Å². The number of alkyl halides is 3. The maximum atomic E-state index is 13.1. The molecule has 0 bridgehead atoms. The quantitative estimate of drug-likeness (QED) is 0.440. The van der Waals surface area contributed by atoms with Gasteiger partial charge in [-0.25, -0.2) is 8.78 Å². The van der Waals surface area contributed by atoms with E-state index in [1.54, 1.807) is 6.92 Å². The lowest BCUT2D eigenvalue weighted by atomic mass is 9.99. The van der Waals surface area contributed by atoms with Gasteiger partial charge in [-0.2, -0.15) is 13.2 Å². The summed E-state index contributed by atoms with van der Waals surface area (Å²) in [5, 5.41) is 2.44. The van der Waals surface area contributed by atoms with Gasteiger partial charge in [0.25, 0.3) is 0 Å². The van der Waals surface area contributed by atoms with Gasteiger partial charge in [0.2, 0.25) is 0 Å². The minimum Gasteiger partial charge on any atom is -0.383 e. The summed E-state index contributed by atoms with van der Waals surface area (Å²) in [5.41, 5.74) is 6.89. The predicted octanol–water partition coefficient (Wildman–Crippen LogP) is 7.56. The van der Waals surface area contributed by atoms with Crippen LogP contribution in [0.3, 0.4) is 0 Å². The van der Waals surface area contributed by atoms with Crippen LogP contribution in [0.2, 0.25) is 0 Å². The van der Waals surface area contributed by atoms with Crippen molar-refractivity contribution in [2.24, 2.45) is 5.73 Å². The fraction of sp³-hybridized carbons (Fsp3) is 0.400. The number of allylic oxidation sites excluding steroid dienone is 1. The predicted molar refractivity (Wildman–Crippen MR) is 127 cm³/mol. The highest BCUT2D eigenvalue weighted by atomic mass is 19.4. The van der Waals surface area contributed by atoms with Crippen LogP contribution in [-0.4, -0.2) is 13.8 Å². The normalized spacial score (nSPS) is 11.3. The van der Waals surface area contributed by atoms with Gasteiger partial charge in [0.05, 0.1) is 5.56 Å². The Kier molecular flexibility index (Phi) is 16.5. The van der Waals surface area contributed by atoms with Crippen molar-refractivity contribution in [3.63, 3.8) is 0 Å². The maximum absolute atomic E-state index is 13.1. The summed E-state index contributed by atoms with van der Waals surface area (Å²) in [4.78, 5) is 8.00. The number of nitrogens with two attached hydrogens (primary N) is 1. The number of anilines is 1. The van der Waals surface area contributed by atoms with Gasteiger partial charge in [0, 0.05) is 13.1 Å². The molecule has 0 aliphatic carbocycles. The molecular weight excluding hydrogens is 439 g/mol. The summed E-state index contributed by atoms with van der Waals surface area (Å²) in [6, 6.07) is 6.02. The number of halogens is 5. The minimum atomic E-state index is -4.25. The molecule has 1 atom stereocenters. The fourth-order valence-corrected chi connectivity index (χ4v) is 2.70. The van der Waals surface area contributed by atoms with Crippen molar-refractivity contribution in [2.75, 3.05) is 12.4 Å². The van der Waals surface area contributed by atoms with Gasteiger partial charge in [0.15, 0.2) is 0 Å². The number of hydrogen-bond acceptors (Lipinski definition) is 3. The van der Waals surface area contributed by atoms with E-state index in [0.717, 1.165) is 23.6 Å². The second kappa shape index (κ2) is 16.8. The highest BCUT2D eigenvalue weighted by Gasteiger charge is 2.30. The molecule has 0 saturated heterocycles. The third kappa shape index (κ3) is 11.1. The molecule has 0 aliphatic rings. The average Bonchev–Trinajstić information content (AvgIpc) is 2.77. The molecule has 8 heteroatoms. The van der Waals surface area contributed by atoms with Crippen molar-refractivity contribution < 1.29 is 26.7 Å². The lowest BCUT2D eigenvalue weighted by Gasteiger charge is -2.11. The number of benzene rings is 2. The molecule has 1 unspecified atom stereocenters. The lowest BCUT2D eigenvalue weighted by molar-refractivity contribution is -0.137. The highest BCUT2D eigenvalue weighted by molar-refractivity contribution is 5.54. The maximum Gasteiger partial charge on any atom is 0.416 e. The Morgan fingerprint density at radius 2 is 1.61 bits per heavy atom. The molecule has 186 valence electrons. The van der Waals surface area contributed by atoms with Crippen LogP contribution in [0.25, 0.3) is 6.08 Å². The monoisotopic (exact) mass is 474 g/mol. The van der Waals surface area contributed by atoms with Gasteiger partial charge in [-0.3, -0.25) is 0 Å². The third-order valence-corrected chi connectivity index (χ3v) is 4.18. The first-order valence-corrected chi connectivity index (χ1v) is 10.6. The molecule has 2 aromatic carbocycles. The zero-order valence-corrected chi connectivity index (χ0v) is 20.1. The fourth-order valence-electron chi connectivity index (χ4n) is 2.70. The van der Waals surface area contributed by atoms with Crippen LogP contribution in [0.5, 0.6) is 0 Å². The molecule has 0 heterocycles. The van der Waals surface area contributed by atoms with Gasteiger partial charge in [-0.05, 0) is 61.2 Å². The number of carbonyl (C=O) groups excluding carboxylic acids is 1. The molecule has 3 N–H and O–H groups in total. The first-order valence-electron chi connectivity index (χ1n) is 10.6. The molecule has 0 spiro atoms. The summed E-state index contributed by atoms with van der Waals surface area (Å²) in [5.74, 6) is -1.23. The van der Waals surface area contributed by atoms with Crippen LogP contribution >= 0.6 is 0 Å². The standard InChI is InChI=1S/C13H15F3.C9H12F2N2.C2H6.CH2O/c1-3-5-10-7-8-12(13(14,15)16)9-11(10)6-4-2;1-5(12)6-3-7(10)9(13-2)8(11)4-6;2*1-2/h3,5,7-9H,4,6H2,1-2H3;3-5,13H,12H2,1-2H3;1-2H3;1H2/b5-3+;;;. The molecular formula is C25H35F5N2O. The zero-order chi connectivity index (χ0) is 26.2. The van der Waals surface area contributed by atoms with Gasteiger partial charge in [-0.15, -0.1) is 0 Å². The number of carbonyl (C=O) groups is 1. The molecule has 2 aromatic rings. The van der Waals surface area contributed by atoms with E-state index in [-0.39, 0.29) is 11.7 Å².